The number of hydrogen-bond donors (Lipinski definition) is 0. The van der Waals surface area contributed by atoms with Gasteiger partial charge in [-0.05, 0) is 91.1 Å². The molecule has 0 saturated carbocycles. The Labute approximate surface area is 268 Å². The van der Waals surface area contributed by atoms with E-state index < -0.39 is 21.7 Å². The predicted octanol–water partition coefficient (Wildman–Crippen LogP) is 7.67. The summed E-state index contributed by atoms with van der Waals surface area (Å²) in [6.45, 7) is 24.3. The first-order valence-electron chi connectivity index (χ1n) is 16.2. The second-order valence-corrected chi connectivity index (χ2v) is 17.4. The summed E-state index contributed by atoms with van der Waals surface area (Å²) in [5.41, 5.74) is 0.653. The summed E-state index contributed by atoms with van der Waals surface area (Å²) in [6, 6.07) is 15.2. The van der Waals surface area contributed by atoms with Gasteiger partial charge in [-0.25, -0.2) is 0 Å². The molecule has 0 atom stereocenters. The van der Waals surface area contributed by atoms with E-state index in [0.29, 0.717) is 64.7 Å². The van der Waals surface area contributed by atoms with Crippen LogP contribution in [0.4, 0.5) is 0 Å². The van der Waals surface area contributed by atoms with Crippen molar-refractivity contribution in [1.82, 2.24) is 0 Å². The molecule has 0 aromatic heterocycles. The average molecular weight is 613 g/mol. The second kappa shape index (κ2) is 9.67. The van der Waals surface area contributed by atoms with Crippen LogP contribution in [0.5, 0.6) is 0 Å². The van der Waals surface area contributed by atoms with Gasteiger partial charge in [0.25, 0.3) is 0 Å². The van der Waals surface area contributed by atoms with Crippen molar-refractivity contribution in [3.63, 3.8) is 0 Å². The van der Waals surface area contributed by atoms with Gasteiger partial charge in [0.1, 0.15) is 0 Å². The molecule has 0 heterocycles. The van der Waals surface area contributed by atoms with Crippen LogP contribution in [0.3, 0.4) is 0 Å². The van der Waals surface area contributed by atoms with Crippen LogP contribution >= 0.6 is 0 Å². The zero-order valence-electron chi connectivity index (χ0n) is 29.3. The van der Waals surface area contributed by atoms with Crippen LogP contribution in [-0.2, 0) is 21.7 Å². The quantitative estimate of drug-likeness (QED) is 0.177. The van der Waals surface area contributed by atoms with Gasteiger partial charge in [0.15, 0.2) is 21.7 Å². The van der Waals surface area contributed by atoms with Crippen molar-refractivity contribution in [2.24, 2.45) is 0 Å². The highest BCUT2D eigenvalue weighted by atomic mass is 16.1. The zero-order chi connectivity index (χ0) is 34.0. The van der Waals surface area contributed by atoms with Crippen LogP contribution in [0, 0.1) is 31.3 Å². The zero-order valence-corrected chi connectivity index (χ0v) is 29.3. The van der Waals surface area contributed by atoms with Crippen LogP contribution in [0.1, 0.15) is 105 Å². The number of rotatable bonds is 0. The normalized spacial score (nSPS) is 13.6. The molecule has 0 saturated heterocycles. The van der Waals surface area contributed by atoms with E-state index in [2.05, 4.69) is 0 Å². The molecule has 4 heteroatoms. The largest absolute Gasteiger partial charge is 0.289 e. The molecule has 4 nitrogen and oxygen atoms in total. The summed E-state index contributed by atoms with van der Waals surface area (Å²) < 4.78 is 0. The highest BCUT2D eigenvalue weighted by Gasteiger charge is 2.26. The second-order valence-electron chi connectivity index (χ2n) is 17.4. The van der Waals surface area contributed by atoms with Crippen LogP contribution in [-0.4, -0.2) is 0 Å². The fourth-order valence-electron chi connectivity index (χ4n) is 7.02. The molecule has 4 aliphatic rings. The summed E-state index contributed by atoms with van der Waals surface area (Å²) in [6.07, 6.45) is 0. The van der Waals surface area contributed by atoms with Crippen molar-refractivity contribution in [1.29, 1.82) is 0 Å². The van der Waals surface area contributed by atoms with E-state index in [-0.39, 0.29) is 21.7 Å². The van der Waals surface area contributed by atoms with E-state index in [1.807, 2.05) is 132 Å². The first-order chi connectivity index (χ1) is 21.0. The van der Waals surface area contributed by atoms with E-state index in [9.17, 15) is 19.2 Å². The molecule has 2 aromatic rings. The van der Waals surface area contributed by atoms with Crippen LogP contribution < -0.4 is 21.7 Å². The monoisotopic (exact) mass is 612 g/mol. The van der Waals surface area contributed by atoms with Crippen molar-refractivity contribution in [2.45, 2.75) is 105 Å². The van der Waals surface area contributed by atoms with E-state index >= 15 is 0 Å². The molecule has 0 fully saturated rings. The lowest BCUT2D eigenvalue weighted by Crippen LogP contribution is -2.26. The highest BCUT2D eigenvalue weighted by Crippen LogP contribution is 2.29. The summed E-state index contributed by atoms with van der Waals surface area (Å²) in [4.78, 5) is 56.6. The molecule has 236 valence electrons. The summed E-state index contributed by atoms with van der Waals surface area (Å²) in [5, 5.41) is 6.27. The van der Waals surface area contributed by atoms with Crippen molar-refractivity contribution in [3.05, 3.63) is 143 Å². The van der Waals surface area contributed by atoms with Crippen LogP contribution in [0.2, 0.25) is 0 Å². The molecule has 4 aliphatic carbocycles. The van der Waals surface area contributed by atoms with Gasteiger partial charge in [-0.15, -0.1) is 0 Å². The van der Waals surface area contributed by atoms with Gasteiger partial charge >= 0.3 is 0 Å². The Morgan fingerprint density at radius 2 is 0.500 bits per heavy atom. The molecule has 0 amide bonds. The molecule has 0 N–H and O–H groups in total. The van der Waals surface area contributed by atoms with Crippen molar-refractivity contribution >= 4 is 21.5 Å². The first-order valence-corrected chi connectivity index (χ1v) is 16.2. The molecular formula is C42H44O4. The molecule has 0 bridgehead atoms. The van der Waals surface area contributed by atoms with E-state index in [0.717, 1.165) is 10.4 Å². The van der Waals surface area contributed by atoms with Gasteiger partial charge in [-0.1, -0.05) is 83.1 Å². The van der Waals surface area contributed by atoms with Crippen molar-refractivity contribution in [3.8, 4) is 0 Å². The minimum Gasteiger partial charge on any atom is -0.289 e. The average Bonchev–Trinajstić information content (AvgIpc) is 2.91. The minimum atomic E-state index is -0.415. The number of hydrogen-bond acceptors (Lipinski definition) is 4. The molecule has 0 aliphatic heterocycles. The Morgan fingerprint density at radius 3 is 0.674 bits per heavy atom. The van der Waals surface area contributed by atoms with Crippen molar-refractivity contribution < 1.29 is 0 Å². The lowest BCUT2D eigenvalue weighted by molar-refractivity contribution is 0.582. The maximum Gasteiger partial charge on any atom is 0.190 e. The Morgan fingerprint density at radius 1 is 0.304 bits per heavy atom. The van der Waals surface area contributed by atoms with Gasteiger partial charge in [-0.3, -0.25) is 19.2 Å². The molecular weight excluding hydrogens is 568 g/mol. The maximum atomic E-state index is 14.1. The fourth-order valence-corrected chi connectivity index (χ4v) is 7.02. The van der Waals surface area contributed by atoms with Gasteiger partial charge in [0.05, 0.1) is 0 Å². The fraction of sp³-hybridized carbons (Fsp3) is 0.381. The smallest absolute Gasteiger partial charge is 0.190 e. The van der Waals surface area contributed by atoms with Gasteiger partial charge in [0.2, 0.25) is 0 Å². The lowest BCUT2D eigenvalue weighted by Gasteiger charge is -2.22. The molecule has 0 spiro atoms. The third-order valence-corrected chi connectivity index (χ3v) is 9.58. The van der Waals surface area contributed by atoms with Gasteiger partial charge in [0, 0.05) is 54.2 Å². The molecule has 0 radical (unpaired) electrons. The molecule has 2 aromatic carbocycles. The van der Waals surface area contributed by atoms with E-state index in [4.69, 9.17) is 0 Å². The molecule has 6 rings (SSSR count). The third-order valence-electron chi connectivity index (χ3n) is 9.58. The first kappa shape index (κ1) is 31.8. The highest BCUT2D eigenvalue weighted by molar-refractivity contribution is 5.76. The Hall–Kier alpha value is -4.18. The van der Waals surface area contributed by atoms with E-state index in [1.54, 1.807) is 0 Å². The van der Waals surface area contributed by atoms with Gasteiger partial charge < -0.3 is 0 Å². The van der Waals surface area contributed by atoms with E-state index in [1.165, 1.54) is 0 Å². The Bertz CT molecular complexity index is 2320. The topological polar surface area (TPSA) is 68.3 Å². The number of benzene rings is 2. The molecule has 46 heavy (non-hydrogen) atoms. The Balaban J connectivity index is 1.98. The minimum absolute atomic E-state index is 0.104. The van der Waals surface area contributed by atoms with Crippen molar-refractivity contribution in [2.75, 3.05) is 0 Å². The van der Waals surface area contributed by atoms with Crippen LogP contribution in [0.15, 0.2) is 67.7 Å². The summed E-state index contributed by atoms with van der Waals surface area (Å²) >= 11 is 0. The SMILES string of the molecule is CC(C)(C)c1cc2cc(C(C)(C)C)c(=O)c3cc(=c4cc5c(=O)c(C(C)(C)C)cc6cc(C(C)(C)C)c(=O)c(c4)c5=6)cc(c1=O)c3=2. The lowest BCUT2D eigenvalue weighted by atomic mass is 9.81. The summed E-state index contributed by atoms with van der Waals surface area (Å²) in [7, 11) is 0. The van der Waals surface area contributed by atoms with Gasteiger partial charge in [-0.2, -0.15) is 0 Å². The standard InChI is InChI=1S/C42H44O4/c1-39(2,3)29-17-23-18-30(40(4,5)6)36(44)26-14-21(13-25(33(23)26)35(29)43)22-15-27-34-24(19-31(37(27)45)41(7,8)9)20-32(42(10,11)12)38(46)28(34)16-22/h13-20H,1-12H3. The van der Waals surface area contributed by atoms with Crippen LogP contribution in [0.25, 0.3) is 21.5 Å². The Kier molecular flexibility index (Phi) is 6.68. The molecule has 0 unspecified atom stereocenters. The maximum absolute atomic E-state index is 14.1. The predicted molar refractivity (Wildman–Crippen MR) is 190 cm³/mol. The summed E-state index contributed by atoms with van der Waals surface area (Å²) in [5.74, 6) is 0. The third kappa shape index (κ3) is 4.80.